The molecule has 2 rings (SSSR count). The molecule has 0 aromatic carbocycles. The summed E-state index contributed by atoms with van der Waals surface area (Å²) in [5.41, 5.74) is 2.33. The Morgan fingerprint density at radius 2 is 2.42 bits per heavy atom. The van der Waals surface area contributed by atoms with Crippen LogP contribution in [0.1, 0.15) is 23.6 Å². The van der Waals surface area contributed by atoms with Gasteiger partial charge in [0, 0.05) is 12.4 Å². The molecule has 1 saturated heterocycles. The third-order valence-electron chi connectivity index (χ3n) is 2.18. The Balaban J connectivity index is 2.23. The van der Waals surface area contributed by atoms with Crippen molar-refractivity contribution < 1.29 is 4.79 Å². The first-order valence-electron chi connectivity index (χ1n) is 3.97. The van der Waals surface area contributed by atoms with Crippen LogP contribution in [0.2, 0.25) is 0 Å². The summed E-state index contributed by atoms with van der Waals surface area (Å²) in [7, 11) is 0. The minimum absolute atomic E-state index is 0.128. The molecule has 1 amide bonds. The second kappa shape index (κ2) is 2.59. The van der Waals surface area contributed by atoms with Gasteiger partial charge in [-0.15, -0.1) is 0 Å². The number of carbonyl (C=O) groups is 1. The fraction of sp³-hybridized carbons (Fsp3) is 0.333. The van der Waals surface area contributed by atoms with Crippen molar-refractivity contribution in [3.63, 3.8) is 0 Å². The van der Waals surface area contributed by atoms with E-state index in [9.17, 15) is 4.79 Å². The standard InChI is InChI=1S/C9H10N2O/c1-6-2-3-10-5-7(6)8-4-9(12)11-8/h2-3,5,8H,4H2,1H3,(H,11,12). The van der Waals surface area contributed by atoms with E-state index in [0.29, 0.717) is 6.42 Å². The molecular weight excluding hydrogens is 152 g/mol. The van der Waals surface area contributed by atoms with Gasteiger partial charge in [-0.05, 0) is 24.1 Å². The summed E-state index contributed by atoms with van der Waals surface area (Å²) in [6.07, 6.45) is 4.19. The number of aromatic nitrogens is 1. The fourth-order valence-electron chi connectivity index (χ4n) is 1.39. The lowest BCUT2D eigenvalue weighted by atomic mass is 9.95. The molecule has 1 N–H and O–H groups in total. The third kappa shape index (κ3) is 1.07. The first-order chi connectivity index (χ1) is 5.77. The summed E-state index contributed by atoms with van der Waals surface area (Å²) in [6, 6.07) is 2.16. The van der Waals surface area contributed by atoms with Crippen molar-refractivity contribution >= 4 is 5.91 Å². The van der Waals surface area contributed by atoms with E-state index in [0.717, 1.165) is 5.56 Å². The maximum absolute atomic E-state index is 10.7. The van der Waals surface area contributed by atoms with Gasteiger partial charge in [0.05, 0.1) is 12.5 Å². The molecule has 0 spiro atoms. The maximum atomic E-state index is 10.7. The van der Waals surface area contributed by atoms with E-state index in [1.807, 2.05) is 19.2 Å². The number of amides is 1. The molecule has 0 aliphatic carbocycles. The lowest BCUT2D eigenvalue weighted by molar-refractivity contribution is -0.128. The van der Waals surface area contributed by atoms with Crippen LogP contribution in [-0.4, -0.2) is 10.9 Å². The second-order valence-corrected chi connectivity index (χ2v) is 3.06. The number of nitrogens with one attached hydrogen (secondary N) is 1. The van der Waals surface area contributed by atoms with E-state index < -0.39 is 0 Å². The summed E-state index contributed by atoms with van der Waals surface area (Å²) < 4.78 is 0. The van der Waals surface area contributed by atoms with Crippen LogP contribution >= 0.6 is 0 Å². The Morgan fingerprint density at radius 3 is 3.00 bits per heavy atom. The van der Waals surface area contributed by atoms with Gasteiger partial charge in [0.1, 0.15) is 0 Å². The van der Waals surface area contributed by atoms with Crippen molar-refractivity contribution in [2.45, 2.75) is 19.4 Å². The maximum Gasteiger partial charge on any atom is 0.222 e. The van der Waals surface area contributed by atoms with E-state index in [4.69, 9.17) is 0 Å². The van der Waals surface area contributed by atoms with Crippen LogP contribution in [-0.2, 0) is 4.79 Å². The summed E-state index contributed by atoms with van der Waals surface area (Å²) in [5, 5.41) is 2.82. The number of hydrogen-bond acceptors (Lipinski definition) is 2. The highest BCUT2D eigenvalue weighted by molar-refractivity contribution is 5.83. The van der Waals surface area contributed by atoms with Crippen LogP contribution in [0.25, 0.3) is 0 Å². The summed E-state index contributed by atoms with van der Waals surface area (Å²) in [4.78, 5) is 14.7. The molecule has 0 radical (unpaired) electrons. The molecule has 62 valence electrons. The lowest BCUT2D eigenvalue weighted by Crippen LogP contribution is -2.41. The zero-order valence-electron chi connectivity index (χ0n) is 6.87. The smallest absolute Gasteiger partial charge is 0.222 e. The Bertz CT molecular complexity index is 314. The Labute approximate surface area is 70.8 Å². The van der Waals surface area contributed by atoms with Crippen molar-refractivity contribution in [3.05, 3.63) is 29.6 Å². The number of β-lactam (4-membered cyclic amide) rings is 1. The van der Waals surface area contributed by atoms with E-state index in [2.05, 4.69) is 10.3 Å². The second-order valence-electron chi connectivity index (χ2n) is 3.06. The average Bonchev–Trinajstić information content (AvgIpc) is 2.01. The Hall–Kier alpha value is -1.38. The molecule has 2 heterocycles. The number of aryl methyl sites for hydroxylation is 1. The van der Waals surface area contributed by atoms with Crippen molar-refractivity contribution in [1.82, 2.24) is 10.3 Å². The molecule has 1 aromatic rings. The molecule has 1 atom stereocenters. The number of pyridine rings is 1. The van der Waals surface area contributed by atoms with E-state index >= 15 is 0 Å². The Kier molecular flexibility index (Phi) is 1.57. The zero-order valence-corrected chi connectivity index (χ0v) is 6.87. The highest BCUT2D eigenvalue weighted by Crippen LogP contribution is 2.25. The number of rotatable bonds is 1. The van der Waals surface area contributed by atoms with Gasteiger partial charge in [-0.25, -0.2) is 0 Å². The fourth-order valence-corrected chi connectivity index (χ4v) is 1.39. The van der Waals surface area contributed by atoms with E-state index in [1.165, 1.54) is 5.56 Å². The van der Waals surface area contributed by atoms with Crippen molar-refractivity contribution in [2.75, 3.05) is 0 Å². The summed E-state index contributed by atoms with van der Waals surface area (Å²) >= 11 is 0. The minimum atomic E-state index is 0.128. The van der Waals surface area contributed by atoms with Crippen molar-refractivity contribution in [2.24, 2.45) is 0 Å². The van der Waals surface area contributed by atoms with Crippen LogP contribution < -0.4 is 5.32 Å². The van der Waals surface area contributed by atoms with Gasteiger partial charge in [-0.3, -0.25) is 9.78 Å². The lowest BCUT2D eigenvalue weighted by Gasteiger charge is -2.27. The van der Waals surface area contributed by atoms with Crippen LogP contribution in [0.5, 0.6) is 0 Å². The molecular formula is C9H10N2O. The van der Waals surface area contributed by atoms with Gasteiger partial charge >= 0.3 is 0 Å². The number of carbonyl (C=O) groups excluding carboxylic acids is 1. The summed E-state index contributed by atoms with van der Waals surface area (Å²) in [5.74, 6) is 0.128. The molecule has 1 unspecified atom stereocenters. The predicted octanol–water partition coefficient (Wildman–Crippen LogP) is 0.951. The van der Waals surface area contributed by atoms with Gasteiger partial charge in [0.2, 0.25) is 5.91 Å². The first kappa shape index (κ1) is 7.28. The van der Waals surface area contributed by atoms with Gasteiger partial charge < -0.3 is 5.32 Å². The van der Waals surface area contributed by atoms with Gasteiger partial charge in [0.25, 0.3) is 0 Å². The van der Waals surface area contributed by atoms with E-state index in [-0.39, 0.29) is 11.9 Å². The Morgan fingerprint density at radius 1 is 1.67 bits per heavy atom. The molecule has 3 heteroatoms. The zero-order chi connectivity index (χ0) is 8.55. The average molecular weight is 162 g/mol. The molecule has 0 saturated carbocycles. The minimum Gasteiger partial charge on any atom is -0.349 e. The predicted molar refractivity (Wildman–Crippen MR) is 44.5 cm³/mol. The van der Waals surface area contributed by atoms with Crippen LogP contribution in [0.15, 0.2) is 18.5 Å². The highest BCUT2D eigenvalue weighted by Gasteiger charge is 2.27. The highest BCUT2D eigenvalue weighted by atomic mass is 16.2. The van der Waals surface area contributed by atoms with E-state index in [1.54, 1.807) is 6.20 Å². The molecule has 1 aromatic heterocycles. The number of nitrogens with zero attached hydrogens (tertiary/aromatic N) is 1. The molecule has 1 aliphatic heterocycles. The molecule has 12 heavy (non-hydrogen) atoms. The number of hydrogen-bond donors (Lipinski definition) is 1. The summed E-state index contributed by atoms with van der Waals surface area (Å²) in [6.45, 7) is 2.03. The largest absolute Gasteiger partial charge is 0.349 e. The first-order valence-corrected chi connectivity index (χ1v) is 3.97. The van der Waals surface area contributed by atoms with Gasteiger partial charge in [-0.1, -0.05) is 0 Å². The van der Waals surface area contributed by atoms with Crippen LogP contribution in [0, 0.1) is 6.92 Å². The molecule has 3 nitrogen and oxygen atoms in total. The molecule has 1 fully saturated rings. The quantitative estimate of drug-likeness (QED) is 0.625. The molecule has 1 aliphatic rings. The third-order valence-corrected chi connectivity index (χ3v) is 2.18. The topological polar surface area (TPSA) is 42.0 Å². The molecule has 0 bridgehead atoms. The van der Waals surface area contributed by atoms with Crippen LogP contribution in [0.4, 0.5) is 0 Å². The van der Waals surface area contributed by atoms with Gasteiger partial charge in [0.15, 0.2) is 0 Å². The normalized spacial score (nSPS) is 21.4. The monoisotopic (exact) mass is 162 g/mol. The van der Waals surface area contributed by atoms with Crippen LogP contribution in [0.3, 0.4) is 0 Å². The van der Waals surface area contributed by atoms with Crippen molar-refractivity contribution in [3.8, 4) is 0 Å². The SMILES string of the molecule is Cc1ccncc1C1CC(=O)N1. The van der Waals surface area contributed by atoms with Gasteiger partial charge in [-0.2, -0.15) is 0 Å². The van der Waals surface area contributed by atoms with Crippen molar-refractivity contribution in [1.29, 1.82) is 0 Å².